The van der Waals surface area contributed by atoms with Crippen molar-refractivity contribution in [3.8, 4) is 0 Å². The number of halogens is 3. The fourth-order valence-corrected chi connectivity index (χ4v) is 4.93. The predicted octanol–water partition coefficient (Wildman–Crippen LogP) is 6.85. The van der Waals surface area contributed by atoms with Crippen LogP contribution >= 0.6 is 11.3 Å². The number of fused-ring (bicyclic) bond motifs is 1. The van der Waals surface area contributed by atoms with Gasteiger partial charge in [-0.1, -0.05) is 45.0 Å². The molecule has 1 aliphatic heterocycles. The number of benzene rings is 2. The second-order valence-corrected chi connectivity index (χ2v) is 9.90. The normalized spacial score (nSPS) is 16.8. The highest BCUT2D eigenvalue weighted by molar-refractivity contribution is 7.10. The van der Waals surface area contributed by atoms with Crippen molar-refractivity contribution in [2.75, 3.05) is 6.54 Å². The molecule has 3 aromatic rings. The van der Waals surface area contributed by atoms with Gasteiger partial charge in [-0.25, -0.2) is 0 Å². The molecule has 0 saturated heterocycles. The first-order valence-corrected chi connectivity index (χ1v) is 11.1. The summed E-state index contributed by atoms with van der Waals surface area (Å²) >= 11 is 1.63. The fraction of sp³-hybridized carbons (Fsp3) is 0.320. The average Bonchev–Trinajstić information content (AvgIpc) is 3.20. The Balaban J connectivity index is 1.70. The van der Waals surface area contributed by atoms with E-state index in [2.05, 4.69) is 20.8 Å². The van der Waals surface area contributed by atoms with E-state index in [1.807, 2.05) is 35.7 Å². The summed E-state index contributed by atoms with van der Waals surface area (Å²) in [6.45, 7) is 6.88. The van der Waals surface area contributed by atoms with Crippen molar-refractivity contribution in [2.45, 2.75) is 44.8 Å². The summed E-state index contributed by atoms with van der Waals surface area (Å²) in [5.41, 5.74) is 2.71. The maximum absolute atomic E-state index is 13.5. The maximum Gasteiger partial charge on any atom is 0.416 e. The summed E-state index contributed by atoms with van der Waals surface area (Å²) < 4.78 is 39.1. The van der Waals surface area contributed by atoms with Crippen LogP contribution < -0.4 is 0 Å². The van der Waals surface area contributed by atoms with Gasteiger partial charge in [0.05, 0.1) is 11.6 Å². The van der Waals surface area contributed by atoms with Gasteiger partial charge >= 0.3 is 6.18 Å². The van der Waals surface area contributed by atoms with Gasteiger partial charge in [-0.15, -0.1) is 11.3 Å². The molecule has 4 rings (SSSR count). The Morgan fingerprint density at radius 3 is 2.13 bits per heavy atom. The molecule has 6 heteroatoms. The molecular weight excluding hydrogens is 419 g/mol. The zero-order chi connectivity index (χ0) is 22.4. The number of alkyl halides is 3. The van der Waals surface area contributed by atoms with Gasteiger partial charge in [0.25, 0.3) is 5.91 Å². The molecule has 2 aromatic carbocycles. The highest BCUT2D eigenvalue weighted by Gasteiger charge is 2.35. The molecule has 1 atom stereocenters. The molecule has 0 radical (unpaired) electrons. The summed E-state index contributed by atoms with van der Waals surface area (Å²) in [6.07, 6.45) is -3.64. The Morgan fingerprint density at radius 1 is 0.935 bits per heavy atom. The quantitative estimate of drug-likeness (QED) is 0.424. The van der Waals surface area contributed by atoms with Crippen molar-refractivity contribution in [3.05, 3.63) is 92.7 Å². The molecule has 1 aromatic heterocycles. The van der Waals surface area contributed by atoms with Gasteiger partial charge in [0.1, 0.15) is 0 Å². The fourth-order valence-electron chi connectivity index (χ4n) is 4.03. The van der Waals surface area contributed by atoms with E-state index in [0.717, 1.165) is 29.7 Å². The van der Waals surface area contributed by atoms with E-state index in [9.17, 15) is 18.0 Å². The van der Waals surface area contributed by atoms with Gasteiger partial charge in [-0.3, -0.25) is 4.79 Å². The van der Waals surface area contributed by atoms with Crippen molar-refractivity contribution >= 4 is 17.2 Å². The van der Waals surface area contributed by atoms with Crippen LogP contribution in [0.1, 0.15) is 64.3 Å². The minimum absolute atomic E-state index is 0.0129. The zero-order valence-corrected chi connectivity index (χ0v) is 18.5. The number of carbonyl (C=O) groups is 1. The first kappa shape index (κ1) is 21.6. The molecule has 0 N–H and O–H groups in total. The van der Waals surface area contributed by atoms with Gasteiger partial charge in [-0.2, -0.15) is 13.2 Å². The average molecular weight is 444 g/mol. The summed E-state index contributed by atoms with van der Waals surface area (Å²) in [4.78, 5) is 16.4. The van der Waals surface area contributed by atoms with Gasteiger partial charge in [-0.05, 0) is 64.2 Å². The maximum atomic E-state index is 13.5. The minimum atomic E-state index is -4.39. The second kappa shape index (κ2) is 7.83. The standard InChI is InChI=1S/C25H24F3NOS/c1-24(2,3)18-8-6-17(7-9-18)23(30)29-14-12-21-20(13-15-31-21)22(29)16-4-10-19(11-5-16)25(26,27)28/h4-11,13,15,22H,12,14H2,1-3H3/t22-/m1/s1. The molecule has 0 unspecified atom stereocenters. The van der Waals surface area contributed by atoms with E-state index >= 15 is 0 Å². The van der Waals surface area contributed by atoms with Gasteiger partial charge in [0.15, 0.2) is 0 Å². The van der Waals surface area contributed by atoms with Crippen LogP contribution in [0, 0.1) is 0 Å². The minimum Gasteiger partial charge on any atom is -0.327 e. The molecular formula is C25H24F3NOS. The number of carbonyl (C=O) groups excluding carboxylic acids is 1. The van der Waals surface area contributed by atoms with Crippen LogP contribution in [-0.2, 0) is 18.0 Å². The topological polar surface area (TPSA) is 20.3 Å². The highest BCUT2D eigenvalue weighted by Crippen LogP contribution is 2.39. The first-order chi connectivity index (χ1) is 14.6. The van der Waals surface area contributed by atoms with Crippen molar-refractivity contribution in [1.29, 1.82) is 0 Å². The number of amides is 1. The third-order valence-electron chi connectivity index (χ3n) is 5.78. The van der Waals surface area contributed by atoms with E-state index in [-0.39, 0.29) is 11.3 Å². The summed E-state index contributed by atoms with van der Waals surface area (Å²) in [6, 6.07) is 14.4. The van der Waals surface area contributed by atoms with Gasteiger partial charge in [0, 0.05) is 17.0 Å². The number of nitrogens with zero attached hydrogens (tertiary/aromatic N) is 1. The number of hydrogen-bond donors (Lipinski definition) is 0. The van der Waals surface area contributed by atoms with Crippen LogP contribution in [0.3, 0.4) is 0 Å². The summed E-state index contributed by atoms with van der Waals surface area (Å²) in [7, 11) is 0. The van der Waals surface area contributed by atoms with Crippen molar-refractivity contribution in [1.82, 2.24) is 4.90 Å². The molecule has 31 heavy (non-hydrogen) atoms. The van der Waals surface area contributed by atoms with E-state index < -0.39 is 17.8 Å². The molecule has 162 valence electrons. The Kier molecular flexibility index (Phi) is 5.46. The Morgan fingerprint density at radius 2 is 1.55 bits per heavy atom. The monoisotopic (exact) mass is 443 g/mol. The van der Waals surface area contributed by atoms with Crippen LogP contribution in [0.4, 0.5) is 13.2 Å². The lowest BCUT2D eigenvalue weighted by atomic mass is 9.86. The Bertz CT molecular complexity index is 1080. The zero-order valence-electron chi connectivity index (χ0n) is 17.7. The van der Waals surface area contributed by atoms with E-state index in [1.54, 1.807) is 16.2 Å². The van der Waals surface area contributed by atoms with Crippen LogP contribution in [-0.4, -0.2) is 17.4 Å². The molecule has 1 amide bonds. The SMILES string of the molecule is CC(C)(C)c1ccc(C(=O)N2CCc3sccc3[C@H]2c2ccc(C(F)(F)F)cc2)cc1. The van der Waals surface area contributed by atoms with Crippen LogP contribution in [0.15, 0.2) is 60.0 Å². The number of thiophene rings is 1. The van der Waals surface area contributed by atoms with Crippen LogP contribution in [0.2, 0.25) is 0 Å². The molecule has 1 aliphatic rings. The van der Waals surface area contributed by atoms with E-state index in [1.165, 1.54) is 17.0 Å². The van der Waals surface area contributed by atoms with E-state index in [0.29, 0.717) is 17.7 Å². The summed E-state index contributed by atoms with van der Waals surface area (Å²) in [5.74, 6) is -0.109. The van der Waals surface area contributed by atoms with Crippen LogP contribution in [0.25, 0.3) is 0 Å². The van der Waals surface area contributed by atoms with Gasteiger partial charge < -0.3 is 4.90 Å². The van der Waals surface area contributed by atoms with Crippen molar-refractivity contribution in [3.63, 3.8) is 0 Å². The molecule has 2 nitrogen and oxygen atoms in total. The van der Waals surface area contributed by atoms with Crippen LogP contribution in [0.5, 0.6) is 0 Å². The highest BCUT2D eigenvalue weighted by atomic mass is 32.1. The molecule has 0 fully saturated rings. The predicted molar refractivity (Wildman–Crippen MR) is 117 cm³/mol. The van der Waals surface area contributed by atoms with E-state index in [4.69, 9.17) is 0 Å². The lowest BCUT2D eigenvalue weighted by molar-refractivity contribution is -0.137. The number of rotatable bonds is 2. The molecule has 0 bridgehead atoms. The molecule has 0 aliphatic carbocycles. The van der Waals surface area contributed by atoms with Crippen molar-refractivity contribution in [2.24, 2.45) is 0 Å². The van der Waals surface area contributed by atoms with Gasteiger partial charge in [0.2, 0.25) is 0 Å². The largest absolute Gasteiger partial charge is 0.416 e. The second-order valence-electron chi connectivity index (χ2n) is 8.90. The summed E-state index contributed by atoms with van der Waals surface area (Å²) in [5, 5.41) is 1.98. The molecule has 0 saturated carbocycles. The molecule has 0 spiro atoms. The molecule has 2 heterocycles. The third kappa shape index (κ3) is 4.26. The van der Waals surface area contributed by atoms with Crippen molar-refractivity contribution < 1.29 is 18.0 Å². The smallest absolute Gasteiger partial charge is 0.327 e. The Labute approximate surface area is 184 Å². The first-order valence-electron chi connectivity index (χ1n) is 10.2. The lowest BCUT2D eigenvalue weighted by Crippen LogP contribution is -2.40. The lowest BCUT2D eigenvalue weighted by Gasteiger charge is -2.36. The third-order valence-corrected chi connectivity index (χ3v) is 6.77. The Hall–Kier alpha value is -2.60. The number of hydrogen-bond acceptors (Lipinski definition) is 2.